The molecule has 1 aliphatic carbocycles. The van der Waals surface area contributed by atoms with Crippen molar-refractivity contribution in [3.63, 3.8) is 0 Å². The zero-order chi connectivity index (χ0) is 13.3. The summed E-state index contributed by atoms with van der Waals surface area (Å²) in [5.41, 5.74) is -0.597. The summed E-state index contributed by atoms with van der Waals surface area (Å²) >= 11 is 0. The van der Waals surface area contributed by atoms with Crippen LogP contribution < -0.4 is 0 Å². The molecule has 0 heterocycles. The molecule has 1 N–H and O–H groups in total. The molecule has 0 radical (unpaired) electrons. The zero-order valence-corrected chi connectivity index (χ0v) is 11.7. The van der Waals surface area contributed by atoms with Crippen LogP contribution in [0.2, 0.25) is 0 Å². The Kier molecular flexibility index (Phi) is 4.23. The lowest BCUT2D eigenvalue weighted by Gasteiger charge is -2.44. The van der Waals surface area contributed by atoms with Crippen LogP contribution in [-0.4, -0.2) is 23.8 Å². The van der Waals surface area contributed by atoms with E-state index in [1.54, 1.807) is 0 Å². The van der Waals surface area contributed by atoms with Crippen LogP contribution in [0, 0.1) is 17.3 Å². The molecule has 3 nitrogen and oxygen atoms in total. The van der Waals surface area contributed by atoms with E-state index in [1.807, 2.05) is 13.8 Å². The molecule has 3 heteroatoms. The predicted octanol–water partition coefficient (Wildman–Crippen LogP) is 2.76. The predicted molar refractivity (Wildman–Crippen MR) is 67.5 cm³/mol. The number of ether oxygens (including phenoxy) is 1. The van der Waals surface area contributed by atoms with Crippen LogP contribution in [0.5, 0.6) is 0 Å². The topological polar surface area (TPSA) is 46.5 Å². The van der Waals surface area contributed by atoms with Gasteiger partial charge in [-0.1, -0.05) is 27.7 Å². The number of aliphatic hydroxyl groups is 1. The van der Waals surface area contributed by atoms with Gasteiger partial charge in [0.25, 0.3) is 0 Å². The van der Waals surface area contributed by atoms with Gasteiger partial charge in [0, 0.05) is 0 Å². The van der Waals surface area contributed by atoms with E-state index in [4.69, 9.17) is 4.74 Å². The molecular formula is C14H26O3. The third-order valence-corrected chi connectivity index (χ3v) is 4.17. The lowest BCUT2D eigenvalue weighted by Crippen LogP contribution is -2.49. The third-order valence-electron chi connectivity index (χ3n) is 4.17. The van der Waals surface area contributed by atoms with Crippen LogP contribution in [0.4, 0.5) is 0 Å². The quantitative estimate of drug-likeness (QED) is 0.774. The zero-order valence-electron chi connectivity index (χ0n) is 11.7. The Morgan fingerprint density at radius 3 is 2.00 bits per heavy atom. The van der Waals surface area contributed by atoms with Gasteiger partial charge in [-0.25, -0.2) is 0 Å². The molecule has 1 rings (SSSR count). The third kappa shape index (κ3) is 3.21. The van der Waals surface area contributed by atoms with E-state index < -0.39 is 11.5 Å². The van der Waals surface area contributed by atoms with Crippen molar-refractivity contribution < 1.29 is 14.6 Å². The van der Waals surface area contributed by atoms with Gasteiger partial charge in [0.1, 0.15) is 0 Å². The summed E-state index contributed by atoms with van der Waals surface area (Å²) in [4.78, 5) is 11.8. The van der Waals surface area contributed by atoms with Gasteiger partial charge in [-0.15, -0.1) is 0 Å². The molecule has 1 saturated carbocycles. The summed E-state index contributed by atoms with van der Waals surface area (Å²) in [6.45, 7) is 8.38. The van der Waals surface area contributed by atoms with Crippen molar-refractivity contribution in [2.45, 2.75) is 59.0 Å². The van der Waals surface area contributed by atoms with Gasteiger partial charge in [-0.3, -0.25) is 4.79 Å². The first kappa shape index (κ1) is 14.5. The van der Waals surface area contributed by atoms with Gasteiger partial charge in [-0.2, -0.15) is 0 Å². The molecule has 0 saturated heterocycles. The van der Waals surface area contributed by atoms with E-state index >= 15 is 0 Å². The second-order valence-electron chi connectivity index (χ2n) is 6.51. The highest BCUT2D eigenvalue weighted by atomic mass is 16.5. The van der Waals surface area contributed by atoms with Gasteiger partial charge >= 0.3 is 5.97 Å². The SMILES string of the molecule is COC(=O)C(C(C)C)C1(O)CCC(C)(C)CC1. The Balaban J connectivity index is 2.84. The number of hydrogen-bond acceptors (Lipinski definition) is 3. The molecule has 1 atom stereocenters. The Bertz CT molecular complexity index is 271. The first-order chi connectivity index (χ1) is 7.72. The Morgan fingerprint density at radius 2 is 1.65 bits per heavy atom. The van der Waals surface area contributed by atoms with E-state index in [-0.39, 0.29) is 17.3 Å². The summed E-state index contributed by atoms with van der Waals surface area (Å²) in [6, 6.07) is 0. The summed E-state index contributed by atoms with van der Waals surface area (Å²) < 4.78 is 4.85. The van der Waals surface area contributed by atoms with E-state index in [0.29, 0.717) is 12.8 Å². The van der Waals surface area contributed by atoms with Crippen molar-refractivity contribution in [1.82, 2.24) is 0 Å². The molecular weight excluding hydrogens is 216 g/mol. The molecule has 100 valence electrons. The number of hydrogen-bond donors (Lipinski definition) is 1. The minimum Gasteiger partial charge on any atom is -0.469 e. The van der Waals surface area contributed by atoms with Gasteiger partial charge in [0.05, 0.1) is 18.6 Å². The number of rotatable bonds is 3. The van der Waals surface area contributed by atoms with Crippen molar-refractivity contribution in [1.29, 1.82) is 0 Å². The summed E-state index contributed by atoms with van der Waals surface area (Å²) in [6.07, 6.45) is 3.31. The number of carbonyl (C=O) groups excluding carboxylic acids is 1. The molecule has 0 aromatic heterocycles. The standard InChI is InChI=1S/C14H26O3/c1-10(2)11(12(15)17-5)14(16)8-6-13(3,4)7-9-14/h10-11,16H,6-9H2,1-5H3. The fourth-order valence-corrected chi connectivity index (χ4v) is 2.91. The first-order valence-corrected chi connectivity index (χ1v) is 6.52. The van der Waals surface area contributed by atoms with Crippen molar-refractivity contribution in [3.05, 3.63) is 0 Å². The van der Waals surface area contributed by atoms with E-state index in [0.717, 1.165) is 12.8 Å². The van der Waals surface area contributed by atoms with Crippen LogP contribution in [-0.2, 0) is 9.53 Å². The van der Waals surface area contributed by atoms with Crippen molar-refractivity contribution >= 4 is 5.97 Å². The summed E-state index contributed by atoms with van der Waals surface area (Å²) in [5, 5.41) is 10.7. The molecule has 0 spiro atoms. The van der Waals surface area contributed by atoms with Crippen molar-refractivity contribution in [3.8, 4) is 0 Å². The number of esters is 1. The maximum absolute atomic E-state index is 11.8. The maximum atomic E-state index is 11.8. The molecule has 0 bridgehead atoms. The molecule has 17 heavy (non-hydrogen) atoms. The van der Waals surface area contributed by atoms with Crippen molar-refractivity contribution in [2.75, 3.05) is 7.11 Å². The Labute approximate surface area is 105 Å². The minimum atomic E-state index is -0.878. The molecule has 0 aromatic rings. The van der Waals surface area contributed by atoms with Crippen LogP contribution in [0.25, 0.3) is 0 Å². The second kappa shape index (κ2) is 4.97. The molecule has 0 aliphatic heterocycles. The lowest BCUT2D eigenvalue weighted by molar-refractivity contribution is -0.164. The number of methoxy groups -OCH3 is 1. The molecule has 0 amide bonds. The summed E-state index contributed by atoms with van der Waals surface area (Å²) in [7, 11) is 1.40. The summed E-state index contributed by atoms with van der Waals surface area (Å²) in [5.74, 6) is -0.570. The molecule has 1 unspecified atom stereocenters. The highest BCUT2D eigenvalue weighted by Crippen LogP contribution is 2.45. The van der Waals surface area contributed by atoms with Crippen LogP contribution in [0.1, 0.15) is 53.4 Å². The monoisotopic (exact) mass is 242 g/mol. The second-order valence-corrected chi connectivity index (χ2v) is 6.51. The van der Waals surface area contributed by atoms with Gasteiger partial charge in [0.15, 0.2) is 0 Å². The highest BCUT2D eigenvalue weighted by molar-refractivity contribution is 5.74. The maximum Gasteiger partial charge on any atom is 0.311 e. The number of carbonyl (C=O) groups is 1. The normalized spacial score (nSPS) is 24.4. The van der Waals surface area contributed by atoms with E-state index in [2.05, 4.69) is 13.8 Å². The molecule has 0 aromatic carbocycles. The minimum absolute atomic E-state index is 0.105. The van der Waals surface area contributed by atoms with Crippen LogP contribution in [0.3, 0.4) is 0 Å². The molecule has 1 aliphatic rings. The van der Waals surface area contributed by atoms with Gasteiger partial charge in [0.2, 0.25) is 0 Å². The van der Waals surface area contributed by atoms with Crippen LogP contribution >= 0.6 is 0 Å². The average Bonchev–Trinajstić information content (AvgIpc) is 2.22. The van der Waals surface area contributed by atoms with Gasteiger partial charge in [-0.05, 0) is 37.0 Å². The fraction of sp³-hybridized carbons (Fsp3) is 0.929. The average molecular weight is 242 g/mol. The fourth-order valence-electron chi connectivity index (χ4n) is 2.91. The Hall–Kier alpha value is -0.570. The van der Waals surface area contributed by atoms with Gasteiger partial charge < -0.3 is 9.84 Å². The Morgan fingerprint density at radius 1 is 1.18 bits per heavy atom. The lowest BCUT2D eigenvalue weighted by atomic mass is 9.64. The first-order valence-electron chi connectivity index (χ1n) is 6.52. The highest BCUT2D eigenvalue weighted by Gasteiger charge is 2.47. The van der Waals surface area contributed by atoms with E-state index in [9.17, 15) is 9.90 Å². The van der Waals surface area contributed by atoms with E-state index in [1.165, 1.54) is 7.11 Å². The smallest absolute Gasteiger partial charge is 0.311 e. The molecule has 1 fully saturated rings. The largest absolute Gasteiger partial charge is 0.469 e. The van der Waals surface area contributed by atoms with Crippen molar-refractivity contribution in [2.24, 2.45) is 17.3 Å². The van der Waals surface area contributed by atoms with Crippen LogP contribution in [0.15, 0.2) is 0 Å².